The van der Waals surface area contributed by atoms with Gasteiger partial charge in [-0.15, -0.1) is 0 Å². The van der Waals surface area contributed by atoms with Crippen molar-refractivity contribution in [2.45, 2.75) is 37.4 Å². The summed E-state index contributed by atoms with van der Waals surface area (Å²) >= 11 is 0. The van der Waals surface area contributed by atoms with Gasteiger partial charge in [-0.25, -0.2) is 4.79 Å². The van der Waals surface area contributed by atoms with Crippen LogP contribution in [0.3, 0.4) is 0 Å². The Bertz CT molecular complexity index is 671. The average molecular weight is 449 g/mol. The zero-order valence-corrected chi connectivity index (χ0v) is 16.5. The number of carboxylic acids is 2. The number of carboxylic acid groups (broad SMARTS) is 2. The molecule has 15 nitrogen and oxygen atoms in total. The summed E-state index contributed by atoms with van der Waals surface area (Å²) in [6, 6.07) is -4.77. The number of hydrogen-bond donors (Lipinski definition) is 9. The van der Waals surface area contributed by atoms with Crippen LogP contribution in [0.25, 0.3) is 0 Å². The van der Waals surface area contributed by atoms with E-state index in [2.05, 4.69) is 16.0 Å². The Morgan fingerprint density at radius 1 is 0.710 bits per heavy atom. The molecule has 0 aliphatic rings. The van der Waals surface area contributed by atoms with E-state index in [4.69, 9.17) is 26.2 Å². The van der Waals surface area contributed by atoms with Crippen molar-refractivity contribution in [2.24, 2.45) is 5.73 Å². The van der Waals surface area contributed by atoms with Crippen LogP contribution in [0.5, 0.6) is 0 Å². The maximum absolute atomic E-state index is 12.4. The van der Waals surface area contributed by atoms with E-state index in [1.807, 2.05) is 5.32 Å². The van der Waals surface area contributed by atoms with Crippen LogP contribution in [0.1, 0.15) is 19.3 Å². The van der Waals surface area contributed by atoms with Gasteiger partial charge in [-0.05, 0) is 0 Å². The Kier molecular flexibility index (Phi) is 13.1. The average Bonchev–Trinajstić information content (AvgIpc) is 2.68. The van der Waals surface area contributed by atoms with Gasteiger partial charge in [-0.3, -0.25) is 24.0 Å². The second-order valence-electron chi connectivity index (χ2n) is 6.22. The molecule has 0 heterocycles. The van der Waals surface area contributed by atoms with Crippen LogP contribution in [-0.4, -0.2) is 100 Å². The zero-order valence-electron chi connectivity index (χ0n) is 16.5. The highest BCUT2D eigenvalue weighted by Crippen LogP contribution is 2.00. The molecule has 0 saturated heterocycles. The van der Waals surface area contributed by atoms with Crippen molar-refractivity contribution in [3.8, 4) is 0 Å². The highest BCUT2D eigenvalue weighted by Gasteiger charge is 2.30. The fourth-order valence-electron chi connectivity index (χ4n) is 2.17. The van der Waals surface area contributed by atoms with Gasteiger partial charge in [0.25, 0.3) is 0 Å². The fraction of sp³-hybridized carbons (Fsp3) is 0.625. The number of hydrogen-bond acceptors (Lipinski definition) is 9. The minimum absolute atomic E-state index is 0.0929. The lowest BCUT2D eigenvalue weighted by Crippen LogP contribution is -2.54. The second kappa shape index (κ2) is 14.6. The third-order valence-electron chi connectivity index (χ3n) is 3.62. The predicted octanol–water partition coefficient (Wildman–Crippen LogP) is -5.16. The molecule has 0 bridgehead atoms. The Labute approximate surface area is 176 Å². The van der Waals surface area contributed by atoms with Crippen molar-refractivity contribution in [1.82, 2.24) is 21.3 Å². The van der Waals surface area contributed by atoms with Gasteiger partial charge in [0.15, 0.2) is 0 Å². The van der Waals surface area contributed by atoms with E-state index in [0.717, 1.165) is 0 Å². The van der Waals surface area contributed by atoms with Gasteiger partial charge >= 0.3 is 11.9 Å². The monoisotopic (exact) mass is 449 g/mol. The highest BCUT2D eigenvalue weighted by molar-refractivity contribution is 5.95. The predicted molar refractivity (Wildman–Crippen MR) is 101 cm³/mol. The lowest BCUT2D eigenvalue weighted by Gasteiger charge is -2.21. The van der Waals surface area contributed by atoms with Crippen molar-refractivity contribution in [1.29, 1.82) is 0 Å². The number of carbonyl (C=O) groups excluding carboxylic acids is 4. The first-order valence-corrected chi connectivity index (χ1v) is 9.07. The lowest BCUT2D eigenvalue weighted by molar-refractivity contribution is -0.147. The Morgan fingerprint density at radius 3 is 1.81 bits per heavy atom. The first-order chi connectivity index (χ1) is 14.5. The molecule has 31 heavy (non-hydrogen) atoms. The minimum atomic E-state index is -1.82. The van der Waals surface area contributed by atoms with E-state index in [1.165, 1.54) is 0 Å². The molecular formula is C16H27N5O10. The highest BCUT2D eigenvalue weighted by atomic mass is 16.4. The number of nitrogens with one attached hydrogen (secondary N) is 4. The van der Waals surface area contributed by atoms with Crippen molar-refractivity contribution in [2.75, 3.05) is 26.3 Å². The fourth-order valence-corrected chi connectivity index (χ4v) is 2.17. The topological polar surface area (TPSA) is 257 Å². The van der Waals surface area contributed by atoms with Crippen LogP contribution < -0.4 is 27.0 Å². The first-order valence-electron chi connectivity index (χ1n) is 9.07. The maximum atomic E-state index is 12.4. The van der Waals surface area contributed by atoms with Crippen LogP contribution in [0, 0.1) is 0 Å². The molecule has 3 atom stereocenters. The lowest BCUT2D eigenvalue weighted by atomic mass is 10.1. The van der Waals surface area contributed by atoms with Crippen LogP contribution in [0.4, 0.5) is 0 Å². The van der Waals surface area contributed by atoms with Crippen LogP contribution in [0.2, 0.25) is 0 Å². The van der Waals surface area contributed by atoms with Gasteiger partial charge in [-0.1, -0.05) is 0 Å². The molecule has 0 saturated carbocycles. The smallest absolute Gasteiger partial charge is 0.326 e. The number of carbonyl (C=O) groups is 6. The Hall–Kier alpha value is -3.30. The summed E-state index contributed by atoms with van der Waals surface area (Å²) in [5.74, 6) is -6.75. The molecule has 10 N–H and O–H groups in total. The molecule has 0 aromatic rings. The summed E-state index contributed by atoms with van der Waals surface area (Å²) in [6.07, 6.45) is -2.21. The molecule has 15 heteroatoms. The van der Waals surface area contributed by atoms with E-state index in [1.54, 1.807) is 0 Å². The van der Waals surface area contributed by atoms with E-state index in [0.29, 0.717) is 0 Å². The molecular weight excluding hydrogens is 422 g/mol. The van der Waals surface area contributed by atoms with Gasteiger partial charge in [0.05, 0.1) is 38.5 Å². The summed E-state index contributed by atoms with van der Waals surface area (Å²) in [5.41, 5.74) is 5.55. The third-order valence-corrected chi connectivity index (χ3v) is 3.62. The van der Waals surface area contributed by atoms with Gasteiger partial charge in [0, 0.05) is 13.1 Å². The van der Waals surface area contributed by atoms with Crippen molar-refractivity contribution < 1.29 is 49.2 Å². The maximum Gasteiger partial charge on any atom is 0.326 e. The summed E-state index contributed by atoms with van der Waals surface area (Å²) in [6.45, 7) is -0.985. The number of amides is 4. The normalized spacial score (nSPS) is 13.3. The van der Waals surface area contributed by atoms with Gasteiger partial charge < -0.3 is 47.4 Å². The molecule has 0 aliphatic heterocycles. The number of aliphatic carboxylic acids is 2. The number of nitrogens with two attached hydrogens (primary N) is 1. The summed E-state index contributed by atoms with van der Waals surface area (Å²) in [5, 5.41) is 43.7. The summed E-state index contributed by atoms with van der Waals surface area (Å²) in [7, 11) is 0. The van der Waals surface area contributed by atoms with E-state index in [9.17, 15) is 28.8 Å². The molecule has 0 aromatic carbocycles. The van der Waals surface area contributed by atoms with Crippen molar-refractivity contribution in [3.05, 3.63) is 0 Å². The van der Waals surface area contributed by atoms with E-state index in [-0.39, 0.29) is 19.7 Å². The van der Waals surface area contributed by atoms with Crippen LogP contribution in [0.15, 0.2) is 0 Å². The molecule has 0 aliphatic carbocycles. The molecule has 176 valence electrons. The van der Waals surface area contributed by atoms with Gasteiger partial charge in [0.2, 0.25) is 23.6 Å². The quantitative estimate of drug-likeness (QED) is 0.114. The molecule has 0 fully saturated rings. The Balaban J connectivity index is 5.22. The minimum Gasteiger partial charge on any atom is -0.481 e. The number of aliphatic hydroxyl groups is 2. The molecule has 0 rings (SSSR count). The largest absolute Gasteiger partial charge is 0.481 e. The van der Waals surface area contributed by atoms with Crippen LogP contribution in [-0.2, 0) is 28.8 Å². The SMILES string of the molecule is NC(CC(=O)NC(CC(=O)NCCO)C(=O)NC(CC(=O)O)C(=O)O)C(=O)NCCO. The van der Waals surface area contributed by atoms with Crippen LogP contribution >= 0.6 is 0 Å². The molecule has 4 amide bonds. The number of rotatable bonds is 15. The third kappa shape index (κ3) is 12.1. The molecule has 0 spiro atoms. The zero-order chi connectivity index (χ0) is 24.0. The van der Waals surface area contributed by atoms with Crippen molar-refractivity contribution >= 4 is 35.6 Å². The second-order valence-corrected chi connectivity index (χ2v) is 6.22. The van der Waals surface area contributed by atoms with E-state index >= 15 is 0 Å². The molecule has 0 aromatic heterocycles. The first kappa shape index (κ1) is 27.7. The van der Waals surface area contributed by atoms with E-state index < -0.39 is 79.6 Å². The van der Waals surface area contributed by atoms with Gasteiger partial charge in [-0.2, -0.15) is 0 Å². The van der Waals surface area contributed by atoms with Crippen molar-refractivity contribution in [3.63, 3.8) is 0 Å². The standard InChI is InChI=1S/C16H27N5O10/c17-8(14(28)19-2-4-23)5-12(25)20-9(6-11(24)18-1-3-22)15(29)21-10(16(30)31)7-13(26)27/h8-10,22-23H,1-7,17H2,(H,18,24)(H,19,28)(H,20,25)(H,21,29)(H,26,27)(H,30,31). The molecule has 3 unspecified atom stereocenters. The summed E-state index contributed by atoms with van der Waals surface area (Å²) < 4.78 is 0. The Morgan fingerprint density at radius 2 is 1.29 bits per heavy atom. The number of aliphatic hydroxyl groups excluding tert-OH is 2. The summed E-state index contributed by atoms with van der Waals surface area (Å²) in [4.78, 5) is 70.0. The van der Waals surface area contributed by atoms with Gasteiger partial charge in [0.1, 0.15) is 12.1 Å². The molecule has 0 radical (unpaired) electrons.